The van der Waals surface area contributed by atoms with Crippen molar-refractivity contribution in [3.05, 3.63) is 51.5 Å². The molecule has 34 heavy (non-hydrogen) atoms. The number of rotatable bonds is 8. The smallest absolute Gasteiger partial charge is 0.312 e. The number of nitrogens with one attached hydrogen (secondary N) is 1. The van der Waals surface area contributed by atoms with E-state index in [9.17, 15) is 24.5 Å². The van der Waals surface area contributed by atoms with Gasteiger partial charge in [0.2, 0.25) is 5.91 Å². The predicted molar refractivity (Wildman–Crippen MR) is 122 cm³/mol. The highest BCUT2D eigenvalue weighted by Gasteiger charge is 2.38. The van der Waals surface area contributed by atoms with E-state index in [4.69, 9.17) is 25.8 Å². The van der Waals surface area contributed by atoms with Gasteiger partial charge >= 0.3 is 5.97 Å². The molecule has 1 aliphatic rings. The summed E-state index contributed by atoms with van der Waals surface area (Å²) in [7, 11) is 2.80. The largest absolute Gasteiger partial charge is 0.495 e. The van der Waals surface area contributed by atoms with Crippen LogP contribution < -0.4 is 19.7 Å². The number of benzene rings is 2. The minimum atomic E-state index is -1.23. The molecule has 0 saturated carbocycles. The van der Waals surface area contributed by atoms with E-state index >= 15 is 0 Å². The molecular weight excluding hydrogens is 470 g/mol. The zero-order chi connectivity index (χ0) is 25.0. The van der Waals surface area contributed by atoms with E-state index in [-0.39, 0.29) is 36.0 Å². The van der Waals surface area contributed by atoms with Crippen LogP contribution in [0.15, 0.2) is 36.4 Å². The maximum Gasteiger partial charge on any atom is 0.312 e. The van der Waals surface area contributed by atoms with Crippen molar-refractivity contribution in [1.82, 2.24) is 0 Å². The quantitative estimate of drug-likeness (QED) is 0.337. The molecule has 11 nitrogen and oxygen atoms in total. The summed E-state index contributed by atoms with van der Waals surface area (Å²) < 4.78 is 15.7. The average Bonchev–Trinajstić information content (AvgIpc) is 3.20. The number of nitrogens with zero attached hydrogens (tertiary/aromatic N) is 2. The van der Waals surface area contributed by atoms with Crippen molar-refractivity contribution >= 4 is 46.4 Å². The van der Waals surface area contributed by atoms with Gasteiger partial charge in [-0.1, -0.05) is 11.6 Å². The molecule has 2 atom stereocenters. The Morgan fingerprint density at radius 2 is 1.85 bits per heavy atom. The fourth-order valence-electron chi connectivity index (χ4n) is 3.44. The topological polar surface area (TPSA) is 137 Å². The van der Waals surface area contributed by atoms with Crippen LogP contribution in [0.1, 0.15) is 13.3 Å². The second-order valence-electron chi connectivity index (χ2n) is 7.43. The maximum atomic E-state index is 12.7. The number of nitro groups is 1. The Morgan fingerprint density at radius 1 is 1.18 bits per heavy atom. The minimum Gasteiger partial charge on any atom is -0.495 e. The van der Waals surface area contributed by atoms with Crippen LogP contribution in [0.2, 0.25) is 5.02 Å². The van der Waals surface area contributed by atoms with Gasteiger partial charge in [-0.3, -0.25) is 24.5 Å². The number of ether oxygens (including phenoxy) is 3. The molecule has 0 aromatic heterocycles. The molecule has 0 bridgehead atoms. The third kappa shape index (κ3) is 5.37. The van der Waals surface area contributed by atoms with E-state index < -0.39 is 28.8 Å². The lowest BCUT2D eigenvalue weighted by Crippen LogP contribution is -2.33. The molecule has 2 amide bonds. The zero-order valence-electron chi connectivity index (χ0n) is 18.6. The number of non-ortho nitro benzene ring substituents is 1. The fraction of sp³-hybridized carbons (Fsp3) is 0.318. The number of hydrogen-bond acceptors (Lipinski definition) is 8. The normalized spacial score (nSPS) is 16.1. The molecule has 0 radical (unpaired) electrons. The monoisotopic (exact) mass is 491 g/mol. The summed E-state index contributed by atoms with van der Waals surface area (Å²) in [5.41, 5.74) is 0.237. The van der Waals surface area contributed by atoms with Crippen molar-refractivity contribution < 1.29 is 33.5 Å². The first kappa shape index (κ1) is 24.8. The molecule has 180 valence electrons. The van der Waals surface area contributed by atoms with Gasteiger partial charge in [0.15, 0.2) is 6.10 Å². The second-order valence-corrected chi connectivity index (χ2v) is 7.87. The number of anilines is 2. The van der Waals surface area contributed by atoms with Gasteiger partial charge in [0.25, 0.3) is 11.6 Å². The van der Waals surface area contributed by atoms with Gasteiger partial charge in [0, 0.05) is 30.1 Å². The van der Waals surface area contributed by atoms with E-state index in [1.807, 2.05) is 0 Å². The lowest BCUT2D eigenvalue weighted by Gasteiger charge is -2.20. The molecular formula is C22H22ClN3O8. The first-order valence-corrected chi connectivity index (χ1v) is 10.5. The van der Waals surface area contributed by atoms with E-state index in [1.54, 1.807) is 18.2 Å². The summed E-state index contributed by atoms with van der Waals surface area (Å²) in [6.45, 7) is 1.38. The van der Waals surface area contributed by atoms with E-state index in [0.29, 0.717) is 16.5 Å². The molecule has 2 unspecified atom stereocenters. The Kier molecular flexibility index (Phi) is 7.57. The Balaban J connectivity index is 1.67. The number of carbonyl (C=O) groups is 3. The average molecular weight is 492 g/mol. The standard InChI is InChI=1S/C22H22ClN3O8/c1-12(21(28)24-16-10-15(26(30)31)5-7-18(16)32-2)34-22(29)13-8-20(27)25(11-13)17-9-14(23)4-6-19(17)33-3/h4-7,9-10,12-13H,8,11H2,1-3H3,(H,24,28). The summed E-state index contributed by atoms with van der Waals surface area (Å²) >= 11 is 6.04. The highest BCUT2D eigenvalue weighted by Crippen LogP contribution is 2.35. The highest BCUT2D eigenvalue weighted by atomic mass is 35.5. The number of amides is 2. The molecule has 1 N–H and O–H groups in total. The number of halogens is 1. The SMILES string of the molecule is COc1ccc([N+](=O)[O-])cc1NC(=O)C(C)OC(=O)C1CC(=O)N(c2cc(Cl)ccc2OC)C1. The van der Waals surface area contributed by atoms with Gasteiger partial charge in [-0.05, 0) is 31.2 Å². The van der Waals surface area contributed by atoms with Crippen LogP contribution in [0.4, 0.5) is 17.1 Å². The van der Waals surface area contributed by atoms with Crippen molar-refractivity contribution in [2.45, 2.75) is 19.4 Å². The Bertz CT molecular complexity index is 1140. The Hall–Kier alpha value is -3.86. The minimum absolute atomic E-state index is 0.0292. The molecule has 2 aromatic rings. The fourth-order valence-corrected chi connectivity index (χ4v) is 3.60. The van der Waals surface area contributed by atoms with Gasteiger partial charge in [0.1, 0.15) is 11.5 Å². The molecule has 2 aromatic carbocycles. The molecule has 1 aliphatic heterocycles. The number of hydrogen-bond donors (Lipinski definition) is 1. The molecule has 12 heteroatoms. The van der Waals surface area contributed by atoms with Crippen molar-refractivity contribution in [1.29, 1.82) is 0 Å². The summed E-state index contributed by atoms with van der Waals surface area (Å²) in [4.78, 5) is 49.6. The molecule has 0 aliphatic carbocycles. The summed E-state index contributed by atoms with van der Waals surface area (Å²) in [5, 5.41) is 13.9. The first-order chi connectivity index (χ1) is 16.1. The Labute approximate surface area is 199 Å². The van der Waals surface area contributed by atoms with Gasteiger partial charge in [-0.25, -0.2) is 0 Å². The third-order valence-corrected chi connectivity index (χ3v) is 5.44. The zero-order valence-corrected chi connectivity index (χ0v) is 19.3. The molecule has 3 rings (SSSR count). The predicted octanol–water partition coefficient (Wildman–Crippen LogP) is 3.19. The van der Waals surface area contributed by atoms with Crippen molar-refractivity contribution in [2.75, 3.05) is 31.0 Å². The number of carbonyl (C=O) groups excluding carboxylic acids is 3. The first-order valence-electron chi connectivity index (χ1n) is 10.1. The van der Waals surface area contributed by atoms with Crippen LogP contribution in [0, 0.1) is 16.0 Å². The summed E-state index contributed by atoms with van der Waals surface area (Å²) in [6.07, 6.45) is -1.34. The maximum absolute atomic E-state index is 12.7. The summed E-state index contributed by atoms with van der Waals surface area (Å²) in [6, 6.07) is 8.51. The van der Waals surface area contributed by atoms with Crippen molar-refractivity contribution in [2.24, 2.45) is 5.92 Å². The highest BCUT2D eigenvalue weighted by molar-refractivity contribution is 6.31. The van der Waals surface area contributed by atoms with Gasteiger partial charge < -0.3 is 24.4 Å². The summed E-state index contributed by atoms with van der Waals surface area (Å²) in [5.74, 6) is -1.95. The number of esters is 1. The van der Waals surface area contributed by atoms with Crippen molar-refractivity contribution in [3.8, 4) is 11.5 Å². The van der Waals surface area contributed by atoms with Crippen LogP contribution in [0.5, 0.6) is 11.5 Å². The van der Waals surface area contributed by atoms with Gasteiger partial charge in [0.05, 0.1) is 36.4 Å². The van der Waals surface area contributed by atoms with Crippen LogP contribution in [-0.2, 0) is 19.1 Å². The molecule has 1 fully saturated rings. The van der Waals surface area contributed by atoms with E-state index in [1.165, 1.54) is 38.2 Å². The van der Waals surface area contributed by atoms with Gasteiger partial charge in [-0.2, -0.15) is 0 Å². The number of methoxy groups -OCH3 is 2. The van der Waals surface area contributed by atoms with Gasteiger partial charge in [-0.15, -0.1) is 0 Å². The van der Waals surface area contributed by atoms with Crippen LogP contribution in [0.3, 0.4) is 0 Å². The second kappa shape index (κ2) is 10.4. The molecule has 1 saturated heterocycles. The lowest BCUT2D eigenvalue weighted by atomic mass is 10.1. The lowest BCUT2D eigenvalue weighted by molar-refractivity contribution is -0.384. The van der Waals surface area contributed by atoms with Crippen LogP contribution in [0.25, 0.3) is 0 Å². The number of nitro benzene ring substituents is 1. The van der Waals surface area contributed by atoms with Crippen LogP contribution >= 0.6 is 11.6 Å². The molecule has 1 heterocycles. The molecule has 0 spiro atoms. The van der Waals surface area contributed by atoms with Crippen LogP contribution in [-0.4, -0.2) is 49.6 Å². The van der Waals surface area contributed by atoms with E-state index in [0.717, 1.165) is 6.07 Å². The van der Waals surface area contributed by atoms with Crippen molar-refractivity contribution in [3.63, 3.8) is 0 Å². The Morgan fingerprint density at radius 3 is 2.50 bits per heavy atom. The third-order valence-electron chi connectivity index (χ3n) is 5.20. The van der Waals surface area contributed by atoms with E-state index in [2.05, 4.69) is 5.32 Å².